The van der Waals surface area contributed by atoms with E-state index in [0.717, 1.165) is 12.1 Å². The van der Waals surface area contributed by atoms with Gasteiger partial charge in [-0.15, -0.1) is 0 Å². The van der Waals surface area contributed by atoms with Crippen molar-refractivity contribution in [1.29, 1.82) is 0 Å². The zero-order valence-corrected chi connectivity index (χ0v) is 11.9. The largest absolute Gasteiger partial charge is 0.465 e. The molecule has 1 heterocycles. The van der Waals surface area contributed by atoms with Crippen LogP contribution < -0.4 is 0 Å². The summed E-state index contributed by atoms with van der Waals surface area (Å²) in [5.74, 6) is 0. The molecule has 0 spiro atoms. The molecular formula is C14H21N3O3. The summed E-state index contributed by atoms with van der Waals surface area (Å²) in [6, 6.07) is 3.41. The number of rotatable bonds is 7. The number of carboxylic acid groups (broad SMARTS) is 1. The summed E-state index contributed by atoms with van der Waals surface area (Å²) in [5, 5.41) is 18.2. The molecule has 2 N–H and O–H groups in total. The number of aliphatic hydroxyl groups is 1. The number of nitrogens with zero attached hydrogens (tertiary/aromatic N) is 3. The van der Waals surface area contributed by atoms with Gasteiger partial charge in [-0.3, -0.25) is 9.88 Å². The molecular weight excluding hydrogens is 258 g/mol. The minimum Gasteiger partial charge on any atom is -0.465 e. The van der Waals surface area contributed by atoms with Gasteiger partial charge in [0.25, 0.3) is 0 Å². The van der Waals surface area contributed by atoms with E-state index in [1.807, 2.05) is 31.1 Å². The molecule has 0 aliphatic rings. The van der Waals surface area contributed by atoms with Crippen molar-refractivity contribution in [2.24, 2.45) is 0 Å². The lowest BCUT2D eigenvalue weighted by molar-refractivity contribution is 0.147. The average molecular weight is 279 g/mol. The second-order valence-corrected chi connectivity index (χ2v) is 4.71. The third-order valence-corrected chi connectivity index (χ3v) is 2.65. The van der Waals surface area contributed by atoms with Crippen molar-refractivity contribution in [2.45, 2.75) is 13.2 Å². The molecule has 0 aliphatic carbocycles. The molecule has 6 heteroatoms. The van der Waals surface area contributed by atoms with Gasteiger partial charge in [-0.2, -0.15) is 0 Å². The third-order valence-electron chi connectivity index (χ3n) is 2.65. The molecule has 0 saturated carbocycles. The smallest absolute Gasteiger partial charge is 0.407 e. The number of likely N-dealkylation sites (N-methyl/N-ethyl adjacent to an activating group) is 1. The van der Waals surface area contributed by atoms with Crippen LogP contribution in [0.5, 0.6) is 0 Å². The number of pyridine rings is 1. The van der Waals surface area contributed by atoms with E-state index in [4.69, 9.17) is 5.11 Å². The van der Waals surface area contributed by atoms with Gasteiger partial charge >= 0.3 is 6.09 Å². The lowest BCUT2D eigenvalue weighted by Gasteiger charge is -2.17. The van der Waals surface area contributed by atoms with Crippen LogP contribution in [0.15, 0.2) is 30.5 Å². The molecule has 1 aromatic rings. The van der Waals surface area contributed by atoms with Crippen LogP contribution in [0.25, 0.3) is 0 Å². The van der Waals surface area contributed by atoms with Gasteiger partial charge in [0.2, 0.25) is 0 Å². The summed E-state index contributed by atoms with van der Waals surface area (Å²) in [6.07, 6.45) is 4.33. The van der Waals surface area contributed by atoms with E-state index < -0.39 is 6.09 Å². The normalized spacial score (nSPS) is 11.2. The van der Waals surface area contributed by atoms with E-state index >= 15 is 0 Å². The Labute approximate surface area is 119 Å². The highest BCUT2D eigenvalue weighted by molar-refractivity contribution is 5.65. The number of aromatic nitrogens is 1. The first-order valence-electron chi connectivity index (χ1n) is 6.35. The van der Waals surface area contributed by atoms with Crippen molar-refractivity contribution >= 4 is 6.09 Å². The van der Waals surface area contributed by atoms with Crippen molar-refractivity contribution in [3.05, 3.63) is 41.7 Å². The molecule has 0 saturated heterocycles. The molecule has 1 rings (SSSR count). The Hall–Kier alpha value is -1.92. The van der Waals surface area contributed by atoms with E-state index in [1.165, 1.54) is 4.90 Å². The van der Waals surface area contributed by atoms with E-state index in [9.17, 15) is 9.90 Å². The quantitative estimate of drug-likeness (QED) is 0.733. The minimum atomic E-state index is -0.990. The van der Waals surface area contributed by atoms with Gasteiger partial charge < -0.3 is 15.1 Å². The van der Waals surface area contributed by atoms with E-state index in [2.05, 4.69) is 4.98 Å². The Bertz CT molecular complexity index is 461. The molecule has 6 nitrogen and oxygen atoms in total. The van der Waals surface area contributed by atoms with Gasteiger partial charge in [0.05, 0.1) is 18.8 Å². The molecule has 1 amide bonds. The summed E-state index contributed by atoms with van der Waals surface area (Å²) in [4.78, 5) is 18.6. The van der Waals surface area contributed by atoms with Crippen LogP contribution in [0.1, 0.15) is 11.3 Å². The maximum absolute atomic E-state index is 11.2. The highest BCUT2D eigenvalue weighted by atomic mass is 16.4. The maximum Gasteiger partial charge on any atom is 0.407 e. The highest BCUT2D eigenvalue weighted by Crippen LogP contribution is 2.06. The van der Waals surface area contributed by atoms with Gasteiger partial charge in [-0.25, -0.2) is 4.79 Å². The van der Waals surface area contributed by atoms with Crippen molar-refractivity contribution in [3.8, 4) is 0 Å². The molecule has 1 aromatic heterocycles. The molecule has 0 aromatic carbocycles. The summed E-state index contributed by atoms with van der Waals surface area (Å²) < 4.78 is 0. The van der Waals surface area contributed by atoms with Crippen LogP contribution in [0.4, 0.5) is 4.79 Å². The molecule has 0 atom stereocenters. The minimum absolute atomic E-state index is 0.0780. The third kappa shape index (κ3) is 5.81. The van der Waals surface area contributed by atoms with Crippen LogP contribution in [0, 0.1) is 0 Å². The van der Waals surface area contributed by atoms with Crippen LogP contribution in [0.2, 0.25) is 0 Å². The molecule has 0 bridgehead atoms. The molecule has 110 valence electrons. The molecule has 0 fully saturated rings. The average Bonchev–Trinajstić information content (AvgIpc) is 2.42. The van der Waals surface area contributed by atoms with E-state index in [-0.39, 0.29) is 13.2 Å². The zero-order valence-electron chi connectivity index (χ0n) is 11.9. The fourth-order valence-electron chi connectivity index (χ4n) is 1.61. The summed E-state index contributed by atoms with van der Waals surface area (Å²) in [7, 11) is 3.90. The fraction of sp³-hybridized carbons (Fsp3) is 0.429. The summed E-state index contributed by atoms with van der Waals surface area (Å²) in [6.45, 7) is 1.21. The Morgan fingerprint density at radius 1 is 1.35 bits per heavy atom. The second-order valence-electron chi connectivity index (χ2n) is 4.71. The van der Waals surface area contributed by atoms with Gasteiger partial charge in [0, 0.05) is 19.3 Å². The van der Waals surface area contributed by atoms with E-state index in [0.29, 0.717) is 12.2 Å². The van der Waals surface area contributed by atoms with Gasteiger partial charge in [0.15, 0.2) is 0 Å². The summed E-state index contributed by atoms with van der Waals surface area (Å²) >= 11 is 0. The van der Waals surface area contributed by atoms with Crippen LogP contribution >= 0.6 is 0 Å². The molecule has 20 heavy (non-hydrogen) atoms. The number of amides is 1. The Balaban J connectivity index is 2.62. The lowest BCUT2D eigenvalue weighted by atomic mass is 10.2. The van der Waals surface area contributed by atoms with Crippen LogP contribution in [-0.4, -0.2) is 58.3 Å². The topological polar surface area (TPSA) is 76.9 Å². The van der Waals surface area contributed by atoms with Gasteiger partial charge in [-0.05, 0) is 31.8 Å². The van der Waals surface area contributed by atoms with Crippen molar-refractivity contribution in [1.82, 2.24) is 14.8 Å². The fourth-order valence-corrected chi connectivity index (χ4v) is 1.61. The Morgan fingerprint density at radius 2 is 2.05 bits per heavy atom. The van der Waals surface area contributed by atoms with Crippen molar-refractivity contribution < 1.29 is 15.0 Å². The maximum atomic E-state index is 11.2. The lowest BCUT2D eigenvalue weighted by Crippen LogP contribution is -2.29. The van der Waals surface area contributed by atoms with Crippen LogP contribution in [0.3, 0.4) is 0 Å². The summed E-state index contributed by atoms with van der Waals surface area (Å²) in [5.41, 5.74) is 1.35. The van der Waals surface area contributed by atoms with Crippen molar-refractivity contribution in [3.63, 3.8) is 0 Å². The number of hydrogen-bond donors (Lipinski definition) is 2. The van der Waals surface area contributed by atoms with Gasteiger partial charge in [-0.1, -0.05) is 12.2 Å². The van der Waals surface area contributed by atoms with E-state index in [1.54, 1.807) is 18.3 Å². The first-order chi connectivity index (χ1) is 9.52. The monoisotopic (exact) mass is 279 g/mol. The highest BCUT2D eigenvalue weighted by Gasteiger charge is 2.11. The zero-order chi connectivity index (χ0) is 15.0. The first kappa shape index (κ1) is 16.1. The Kier molecular flexibility index (Phi) is 6.69. The first-order valence-corrected chi connectivity index (χ1v) is 6.35. The Morgan fingerprint density at radius 3 is 2.65 bits per heavy atom. The van der Waals surface area contributed by atoms with Crippen LogP contribution in [-0.2, 0) is 13.2 Å². The van der Waals surface area contributed by atoms with Gasteiger partial charge in [0.1, 0.15) is 0 Å². The number of aliphatic hydroxyl groups excluding tert-OH is 1. The predicted molar refractivity (Wildman–Crippen MR) is 76.3 cm³/mol. The second kappa shape index (κ2) is 8.29. The number of carbonyl (C=O) groups is 1. The molecule has 0 unspecified atom stereocenters. The number of hydrogen-bond acceptors (Lipinski definition) is 4. The predicted octanol–water partition coefficient (Wildman–Crippen LogP) is 1.17. The molecule has 0 aliphatic heterocycles. The SMILES string of the molecule is CN(C)C/C=C/CN(Cc1cc(CO)ccn1)C(=O)O. The van der Waals surface area contributed by atoms with Crippen molar-refractivity contribution in [2.75, 3.05) is 27.2 Å². The molecule has 0 radical (unpaired) electrons. The standard InChI is InChI=1S/C14H21N3O3/c1-16(2)7-3-4-8-17(14(19)20)10-13-9-12(11-18)5-6-15-13/h3-6,9,18H,7-8,10-11H2,1-2H3,(H,19,20)/b4-3+.